The zero-order valence-corrected chi connectivity index (χ0v) is 15.4. The third-order valence-corrected chi connectivity index (χ3v) is 4.91. The molecule has 1 aromatic carbocycles. The molecule has 130 valence electrons. The lowest BCUT2D eigenvalue weighted by molar-refractivity contribution is 0.0945. The molecule has 2 aromatic heterocycles. The first-order valence-electron chi connectivity index (χ1n) is 8.21. The number of thiophene rings is 1. The van der Waals surface area contributed by atoms with Gasteiger partial charge in [-0.3, -0.25) is 4.79 Å². The van der Waals surface area contributed by atoms with E-state index in [4.69, 9.17) is 4.74 Å². The van der Waals surface area contributed by atoms with Gasteiger partial charge in [-0.2, -0.15) is 0 Å². The number of fused-ring (bicyclic) bond motifs is 1. The highest BCUT2D eigenvalue weighted by Crippen LogP contribution is 2.26. The van der Waals surface area contributed by atoms with Crippen LogP contribution in [0.2, 0.25) is 0 Å². The number of methoxy groups -OCH3 is 1. The maximum Gasteiger partial charge on any atom is 0.267 e. The number of nitrogens with one attached hydrogen (secondary N) is 1. The summed E-state index contributed by atoms with van der Waals surface area (Å²) in [4.78, 5) is 12.7. The number of ether oxygens (including phenoxy) is 1. The minimum Gasteiger partial charge on any atom is -0.496 e. The summed E-state index contributed by atoms with van der Waals surface area (Å²) >= 11 is 1.65. The Morgan fingerprint density at radius 1 is 1.32 bits per heavy atom. The van der Waals surface area contributed by atoms with E-state index in [1.807, 2.05) is 47.2 Å². The Bertz CT molecular complexity index is 907. The standard InChI is InChI=1S/C20H22N2O2S/c1-14(2)13-22-16-9-11-25-19(16)12-17(22)20(23)21-10-8-15-6-4-5-7-18(15)24-3/h4-7,9,11-12H,1,8,10,13H2,2-3H3,(H,21,23). The van der Waals surface area contributed by atoms with Gasteiger partial charge in [0.15, 0.2) is 0 Å². The topological polar surface area (TPSA) is 43.3 Å². The van der Waals surface area contributed by atoms with E-state index in [-0.39, 0.29) is 5.91 Å². The Labute approximate surface area is 151 Å². The zero-order chi connectivity index (χ0) is 17.8. The number of benzene rings is 1. The van der Waals surface area contributed by atoms with E-state index in [2.05, 4.69) is 18.0 Å². The van der Waals surface area contributed by atoms with E-state index in [1.54, 1.807) is 18.4 Å². The fourth-order valence-electron chi connectivity index (χ4n) is 2.92. The van der Waals surface area contributed by atoms with Gasteiger partial charge in [-0.05, 0) is 42.5 Å². The van der Waals surface area contributed by atoms with Crippen molar-refractivity contribution in [1.82, 2.24) is 9.88 Å². The van der Waals surface area contributed by atoms with Crippen LogP contribution >= 0.6 is 11.3 Å². The number of carbonyl (C=O) groups excluding carboxylic acids is 1. The van der Waals surface area contributed by atoms with Gasteiger partial charge in [-0.25, -0.2) is 0 Å². The Morgan fingerprint density at radius 2 is 2.12 bits per heavy atom. The second-order valence-corrected chi connectivity index (χ2v) is 7.01. The van der Waals surface area contributed by atoms with Crippen molar-refractivity contribution in [3.05, 3.63) is 65.2 Å². The first kappa shape index (κ1) is 17.3. The van der Waals surface area contributed by atoms with Crippen LogP contribution in [0.4, 0.5) is 0 Å². The molecular weight excluding hydrogens is 332 g/mol. The first-order chi connectivity index (χ1) is 12.1. The Kier molecular flexibility index (Phi) is 5.24. The van der Waals surface area contributed by atoms with Crippen molar-refractivity contribution in [2.24, 2.45) is 0 Å². The van der Waals surface area contributed by atoms with Crippen LogP contribution in [0.5, 0.6) is 5.75 Å². The van der Waals surface area contributed by atoms with Gasteiger partial charge in [0.05, 0.1) is 17.3 Å². The Morgan fingerprint density at radius 3 is 2.88 bits per heavy atom. The maximum atomic E-state index is 12.7. The van der Waals surface area contributed by atoms with Crippen molar-refractivity contribution in [3.8, 4) is 5.75 Å². The van der Waals surface area contributed by atoms with Crippen molar-refractivity contribution in [2.45, 2.75) is 19.9 Å². The molecule has 0 saturated heterocycles. The quantitative estimate of drug-likeness (QED) is 0.644. The zero-order valence-electron chi connectivity index (χ0n) is 14.5. The lowest BCUT2D eigenvalue weighted by atomic mass is 10.1. The minimum absolute atomic E-state index is 0.0560. The summed E-state index contributed by atoms with van der Waals surface area (Å²) in [5.41, 5.74) is 3.88. The number of aromatic nitrogens is 1. The molecule has 0 unspecified atom stereocenters. The lowest BCUT2D eigenvalue weighted by Gasteiger charge is -2.12. The number of nitrogens with zero attached hydrogens (tertiary/aromatic N) is 1. The largest absolute Gasteiger partial charge is 0.496 e. The van der Waals surface area contributed by atoms with Crippen LogP contribution in [0.25, 0.3) is 10.2 Å². The molecule has 4 nitrogen and oxygen atoms in total. The molecule has 5 heteroatoms. The van der Waals surface area contributed by atoms with E-state index in [0.717, 1.165) is 33.5 Å². The van der Waals surface area contributed by atoms with E-state index in [9.17, 15) is 4.79 Å². The highest BCUT2D eigenvalue weighted by Gasteiger charge is 2.16. The fraction of sp³-hybridized carbons (Fsp3) is 0.250. The van der Waals surface area contributed by atoms with Crippen molar-refractivity contribution < 1.29 is 9.53 Å². The number of hydrogen-bond acceptors (Lipinski definition) is 3. The smallest absolute Gasteiger partial charge is 0.267 e. The van der Waals surface area contributed by atoms with Crippen LogP contribution in [-0.4, -0.2) is 24.1 Å². The van der Waals surface area contributed by atoms with Crippen LogP contribution in [-0.2, 0) is 13.0 Å². The monoisotopic (exact) mass is 354 g/mol. The second kappa shape index (κ2) is 7.57. The molecule has 0 spiro atoms. The van der Waals surface area contributed by atoms with Crippen molar-refractivity contribution in [2.75, 3.05) is 13.7 Å². The van der Waals surface area contributed by atoms with Gasteiger partial charge < -0.3 is 14.6 Å². The van der Waals surface area contributed by atoms with Gasteiger partial charge in [0.1, 0.15) is 11.4 Å². The number of rotatable bonds is 7. The third kappa shape index (κ3) is 3.77. The number of para-hydroxylation sites is 1. The highest BCUT2D eigenvalue weighted by atomic mass is 32.1. The van der Waals surface area contributed by atoms with Gasteiger partial charge >= 0.3 is 0 Å². The predicted octanol–water partition coefficient (Wildman–Crippen LogP) is 4.26. The number of amides is 1. The summed E-state index contributed by atoms with van der Waals surface area (Å²) in [6.07, 6.45) is 0.727. The SMILES string of the molecule is C=C(C)Cn1c(C(=O)NCCc2ccccc2OC)cc2sccc21. The molecule has 3 aromatic rings. The molecule has 0 fully saturated rings. The Balaban J connectivity index is 1.72. The predicted molar refractivity (Wildman–Crippen MR) is 104 cm³/mol. The summed E-state index contributed by atoms with van der Waals surface area (Å²) in [6, 6.07) is 11.9. The van der Waals surface area contributed by atoms with E-state index in [0.29, 0.717) is 18.8 Å². The van der Waals surface area contributed by atoms with E-state index >= 15 is 0 Å². The van der Waals surface area contributed by atoms with Gasteiger partial charge in [0.2, 0.25) is 0 Å². The van der Waals surface area contributed by atoms with Crippen molar-refractivity contribution >= 4 is 27.5 Å². The van der Waals surface area contributed by atoms with Gasteiger partial charge in [0, 0.05) is 13.1 Å². The van der Waals surface area contributed by atoms with Crippen LogP contribution in [0.3, 0.4) is 0 Å². The molecule has 0 aliphatic rings. The number of carbonyl (C=O) groups is 1. The number of hydrogen-bond donors (Lipinski definition) is 1. The summed E-state index contributed by atoms with van der Waals surface area (Å²) in [5, 5.41) is 5.07. The van der Waals surface area contributed by atoms with Crippen LogP contribution in [0.1, 0.15) is 23.0 Å². The summed E-state index contributed by atoms with van der Waals surface area (Å²) in [7, 11) is 1.66. The minimum atomic E-state index is -0.0560. The molecular formula is C20H22N2O2S. The van der Waals surface area contributed by atoms with Crippen molar-refractivity contribution in [1.29, 1.82) is 0 Å². The first-order valence-corrected chi connectivity index (χ1v) is 9.09. The molecule has 0 atom stereocenters. The summed E-state index contributed by atoms with van der Waals surface area (Å²) in [6.45, 7) is 7.16. The van der Waals surface area contributed by atoms with Gasteiger partial charge in [-0.15, -0.1) is 11.3 Å². The molecule has 0 bridgehead atoms. The number of allylic oxidation sites excluding steroid dienone is 1. The molecule has 0 aliphatic heterocycles. The fourth-order valence-corrected chi connectivity index (χ4v) is 3.74. The summed E-state index contributed by atoms with van der Waals surface area (Å²) in [5.74, 6) is 0.794. The molecule has 1 N–H and O–H groups in total. The van der Waals surface area contributed by atoms with Crippen LogP contribution in [0.15, 0.2) is 53.9 Å². The molecule has 3 rings (SSSR count). The average Bonchev–Trinajstić information content (AvgIpc) is 3.17. The molecule has 2 heterocycles. The molecule has 0 radical (unpaired) electrons. The molecule has 0 saturated carbocycles. The summed E-state index contributed by atoms with van der Waals surface area (Å²) < 4.78 is 8.51. The van der Waals surface area contributed by atoms with Gasteiger partial charge in [0.25, 0.3) is 5.91 Å². The average molecular weight is 354 g/mol. The normalized spacial score (nSPS) is 10.8. The second-order valence-electron chi connectivity index (χ2n) is 6.06. The van der Waals surface area contributed by atoms with E-state index in [1.165, 1.54) is 0 Å². The molecule has 25 heavy (non-hydrogen) atoms. The van der Waals surface area contributed by atoms with E-state index < -0.39 is 0 Å². The van der Waals surface area contributed by atoms with Crippen molar-refractivity contribution in [3.63, 3.8) is 0 Å². The van der Waals surface area contributed by atoms with Crippen LogP contribution in [0, 0.1) is 0 Å². The highest BCUT2D eigenvalue weighted by molar-refractivity contribution is 7.17. The maximum absolute atomic E-state index is 12.7. The van der Waals surface area contributed by atoms with Gasteiger partial charge in [-0.1, -0.05) is 30.4 Å². The molecule has 1 amide bonds. The van der Waals surface area contributed by atoms with Crippen LogP contribution < -0.4 is 10.1 Å². The third-order valence-electron chi connectivity index (χ3n) is 4.06. The lowest BCUT2D eigenvalue weighted by Crippen LogP contribution is -2.28. The molecule has 0 aliphatic carbocycles. The Hall–Kier alpha value is -2.53.